The van der Waals surface area contributed by atoms with Crippen LogP contribution in [-0.2, 0) is 5.41 Å². The number of aromatic nitrogens is 4. The maximum atomic E-state index is 12.7. The molecule has 3 heterocycles. The van der Waals surface area contributed by atoms with Gasteiger partial charge in [-0.2, -0.15) is 0 Å². The number of carbonyl (C=O) groups is 1. The Morgan fingerprint density at radius 2 is 1.93 bits per heavy atom. The maximum absolute atomic E-state index is 12.7. The van der Waals surface area contributed by atoms with E-state index in [1.54, 1.807) is 18.7 Å². The van der Waals surface area contributed by atoms with Gasteiger partial charge in [-0.15, -0.1) is 0 Å². The molecule has 2 atom stereocenters. The van der Waals surface area contributed by atoms with Gasteiger partial charge < -0.3 is 14.6 Å². The molecule has 1 saturated heterocycles. The Morgan fingerprint density at radius 3 is 2.64 bits per heavy atom. The van der Waals surface area contributed by atoms with Crippen molar-refractivity contribution >= 4 is 5.91 Å². The van der Waals surface area contributed by atoms with E-state index in [4.69, 9.17) is 0 Å². The quantitative estimate of drug-likeness (QED) is 0.739. The monoisotopic (exact) mass is 375 g/mol. The number of hydrogen-bond donors (Lipinski definition) is 1. The molecule has 2 aromatic heterocycles. The van der Waals surface area contributed by atoms with Gasteiger partial charge in [-0.25, -0.2) is 9.97 Å². The molecule has 28 heavy (non-hydrogen) atoms. The zero-order valence-corrected chi connectivity index (χ0v) is 15.3. The Morgan fingerprint density at radius 1 is 1.11 bits per heavy atom. The van der Waals surface area contributed by atoms with Gasteiger partial charge in [0, 0.05) is 43.3 Å². The Balaban J connectivity index is 1.44. The van der Waals surface area contributed by atoms with Crippen LogP contribution < -0.4 is 0 Å². The van der Waals surface area contributed by atoms with Crippen LogP contribution in [0, 0.1) is 0 Å². The van der Waals surface area contributed by atoms with Gasteiger partial charge in [0.25, 0.3) is 5.91 Å². The lowest BCUT2D eigenvalue weighted by Crippen LogP contribution is -2.50. The normalized spacial score (nSPS) is 23.0. The lowest BCUT2D eigenvalue weighted by atomic mass is 9.72. The van der Waals surface area contributed by atoms with Crippen LogP contribution in [0.15, 0.2) is 61.6 Å². The van der Waals surface area contributed by atoms with E-state index in [1.165, 1.54) is 18.0 Å². The molecule has 0 unspecified atom stereocenters. The average Bonchev–Trinajstić information content (AvgIpc) is 3.35. The first-order valence-corrected chi connectivity index (χ1v) is 9.51. The van der Waals surface area contributed by atoms with Crippen molar-refractivity contribution < 1.29 is 9.90 Å². The predicted molar refractivity (Wildman–Crippen MR) is 102 cm³/mol. The molecule has 1 aromatic carbocycles. The van der Waals surface area contributed by atoms with Crippen LogP contribution in [0.25, 0.3) is 0 Å². The lowest BCUT2D eigenvalue weighted by Gasteiger charge is -2.42. The van der Waals surface area contributed by atoms with Crippen LogP contribution in [-0.4, -0.2) is 54.6 Å². The number of fused-ring (bicyclic) bond motifs is 2. The number of piperidine rings is 1. The summed E-state index contributed by atoms with van der Waals surface area (Å²) >= 11 is 0. The predicted octanol–water partition coefficient (Wildman–Crippen LogP) is 1.81. The van der Waals surface area contributed by atoms with E-state index in [1.807, 2.05) is 27.8 Å². The summed E-state index contributed by atoms with van der Waals surface area (Å²) < 4.78 is 1.98. The van der Waals surface area contributed by atoms with E-state index in [9.17, 15) is 9.90 Å². The number of carbonyl (C=O) groups excluding carboxylic acids is 1. The van der Waals surface area contributed by atoms with Gasteiger partial charge >= 0.3 is 0 Å². The molecule has 1 fully saturated rings. The molecule has 5 rings (SSSR count). The van der Waals surface area contributed by atoms with Crippen LogP contribution >= 0.6 is 0 Å². The van der Waals surface area contributed by atoms with Crippen LogP contribution in [0.1, 0.15) is 40.5 Å². The van der Waals surface area contributed by atoms with Crippen molar-refractivity contribution in [3.05, 3.63) is 78.4 Å². The highest BCUT2D eigenvalue weighted by Crippen LogP contribution is 2.52. The Bertz CT molecular complexity index is 981. The first-order chi connectivity index (χ1) is 13.7. The van der Waals surface area contributed by atoms with Gasteiger partial charge in [0.1, 0.15) is 5.69 Å². The van der Waals surface area contributed by atoms with Gasteiger partial charge in [-0.1, -0.05) is 24.3 Å². The Hall–Kier alpha value is -3.06. The smallest absolute Gasteiger partial charge is 0.274 e. The van der Waals surface area contributed by atoms with E-state index in [0.717, 1.165) is 5.56 Å². The van der Waals surface area contributed by atoms with E-state index in [-0.39, 0.29) is 17.4 Å². The molecule has 0 saturated carbocycles. The molecule has 3 aromatic rings. The summed E-state index contributed by atoms with van der Waals surface area (Å²) in [5.41, 5.74) is 2.33. The van der Waals surface area contributed by atoms with Crippen molar-refractivity contribution in [2.45, 2.75) is 30.4 Å². The lowest BCUT2D eigenvalue weighted by molar-refractivity contribution is 0.0206. The molecule has 0 bridgehead atoms. The van der Waals surface area contributed by atoms with Gasteiger partial charge in [-0.05, 0) is 24.0 Å². The molecule has 2 aliphatic rings. The van der Waals surface area contributed by atoms with Crippen molar-refractivity contribution in [1.29, 1.82) is 0 Å². The fourth-order valence-electron chi connectivity index (χ4n) is 4.84. The van der Waals surface area contributed by atoms with E-state index < -0.39 is 6.10 Å². The fraction of sp³-hybridized carbons (Fsp3) is 0.333. The first-order valence-electron chi connectivity index (χ1n) is 9.51. The van der Waals surface area contributed by atoms with Gasteiger partial charge in [0.2, 0.25) is 0 Å². The number of hydrogen-bond acceptors (Lipinski definition) is 5. The Labute approximate surface area is 162 Å². The number of aliphatic hydroxyl groups is 1. The van der Waals surface area contributed by atoms with Gasteiger partial charge in [-0.3, -0.25) is 9.78 Å². The largest absolute Gasteiger partial charge is 0.390 e. The molecule has 7 heteroatoms. The standard InChI is InChI=1S/C21H21N5O2/c27-19-18(26-12-9-23-14-26)15-3-1-2-4-16(15)21(19)5-10-25(11-6-21)20(28)17-13-22-7-8-24-17/h1-4,7-9,12-14,18-19,27H,5-6,10-11H2/t18-,19+/m0/s1. The van der Waals surface area contributed by atoms with E-state index in [0.29, 0.717) is 31.6 Å². The fourth-order valence-corrected chi connectivity index (χ4v) is 4.84. The summed E-state index contributed by atoms with van der Waals surface area (Å²) in [6, 6.07) is 8.10. The molecule has 1 aliphatic heterocycles. The third-order valence-electron chi connectivity index (χ3n) is 6.25. The zero-order valence-electron chi connectivity index (χ0n) is 15.3. The van der Waals surface area contributed by atoms with E-state index >= 15 is 0 Å². The molecule has 142 valence electrons. The van der Waals surface area contributed by atoms with Crippen molar-refractivity contribution in [3.63, 3.8) is 0 Å². The number of nitrogens with zero attached hydrogens (tertiary/aromatic N) is 5. The molecule has 7 nitrogen and oxygen atoms in total. The summed E-state index contributed by atoms with van der Waals surface area (Å²) in [4.78, 5) is 26.8. The summed E-state index contributed by atoms with van der Waals surface area (Å²) in [5, 5.41) is 11.4. The second-order valence-electron chi connectivity index (χ2n) is 7.53. The SMILES string of the molecule is O=C(c1cnccn1)N1CCC2(CC1)c1ccccc1[C@H](n1ccnc1)[C@H]2O. The number of imidazole rings is 1. The van der Waals surface area contributed by atoms with Gasteiger partial charge in [0.15, 0.2) is 0 Å². The first kappa shape index (κ1) is 17.1. The zero-order chi connectivity index (χ0) is 19.1. The van der Waals surface area contributed by atoms with Crippen molar-refractivity contribution in [3.8, 4) is 0 Å². The molecule has 1 amide bonds. The van der Waals surface area contributed by atoms with Crippen molar-refractivity contribution in [2.24, 2.45) is 0 Å². The van der Waals surface area contributed by atoms with E-state index in [2.05, 4.69) is 27.1 Å². The summed E-state index contributed by atoms with van der Waals surface area (Å²) in [6.07, 6.45) is 10.9. The minimum Gasteiger partial charge on any atom is -0.390 e. The third-order valence-corrected chi connectivity index (χ3v) is 6.25. The number of amides is 1. The van der Waals surface area contributed by atoms with Crippen molar-refractivity contribution in [2.75, 3.05) is 13.1 Å². The Kier molecular flexibility index (Phi) is 3.98. The molecule has 1 spiro atoms. The molecule has 1 N–H and O–H groups in total. The van der Waals surface area contributed by atoms with Gasteiger partial charge in [0.05, 0.1) is 24.7 Å². The summed E-state index contributed by atoms with van der Waals surface area (Å²) in [7, 11) is 0. The minimum absolute atomic E-state index is 0.102. The summed E-state index contributed by atoms with van der Waals surface area (Å²) in [6.45, 7) is 1.16. The molecule has 1 aliphatic carbocycles. The number of benzene rings is 1. The topological polar surface area (TPSA) is 84.1 Å². The van der Waals surface area contributed by atoms with Crippen LogP contribution in [0.5, 0.6) is 0 Å². The second-order valence-corrected chi connectivity index (χ2v) is 7.53. The number of likely N-dealkylation sites (tertiary alicyclic amines) is 1. The second kappa shape index (κ2) is 6.53. The number of rotatable bonds is 2. The highest BCUT2D eigenvalue weighted by Gasteiger charge is 2.53. The summed E-state index contributed by atoms with van der Waals surface area (Å²) in [5.74, 6) is -0.102. The van der Waals surface area contributed by atoms with Crippen LogP contribution in [0.4, 0.5) is 0 Å². The minimum atomic E-state index is -0.562. The van der Waals surface area contributed by atoms with Crippen LogP contribution in [0.3, 0.4) is 0 Å². The van der Waals surface area contributed by atoms with Crippen LogP contribution in [0.2, 0.25) is 0 Å². The molecular weight excluding hydrogens is 354 g/mol. The molecular formula is C21H21N5O2. The maximum Gasteiger partial charge on any atom is 0.274 e. The molecule has 0 radical (unpaired) electrons. The number of aliphatic hydroxyl groups excluding tert-OH is 1. The third kappa shape index (κ3) is 2.46. The van der Waals surface area contributed by atoms with Crippen molar-refractivity contribution in [1.82, 2.24) is 24.4 Å². The average molecular weight is 375 g/mol. The highest BCUT2D eigenvalue weighted by atomic mass is 16.3. The highest BCUT2D eigenvalue weighted by molar-refractivity contribution is 5.92.